The Labute approximate surface area is 98.5 Å². The first-order chi connectivity index (χ1) is 7.51. The molecule has 0 radical (unpaired) electrons. The van der Waals surface area contributed by atoms with E-state index in [4.69, 9.17) is 4.74 Å². The highest BCUT2D eigenvalue weighted by atomic mass is 16.5. The minimum atomic E-state index is 0.235. The average Bonchev–Trinajstić information content (AvgIpc) is 2.23. The molecule has 16 heavy (non-hydrogen) atoms. The van der Waals surface area contributed by atoms with Crippen LogP contribution < -0.4 is 4.74 Å². The van der Waals surface area contributed by atoms with Crippen LogP contribution in [0.15, 0.2) is 42.5 Å². The molecule has 0 aliphatic heterocycles. The number of rotatable bonds is 3. The number of benzene rings is 1. The van der Waals surface area contributed by atoms with E-state index in [1.54, 1.807) is 7.11 Å². The summed E-state index contributed by atoms with van der Waals surface area (Å²) in [7, 11) is 1.68. The normalized spacial score (nSPS) is 12.5. The highest BCUT2D eigenvalue weighted by molar-refractivity contribution is 5.53. The molecule has 0 fully saturated rings. The summed E-state index contributed by atoms with van der Waals surface area (Å²) in [6.45, 7) is 6.55. The van der Waals surface area contributed by atoms with Crippen LogP contribution in [0.25, 0.3) is 6.08 Å². The van der Waals surface area contributed by atoms with Crippen molar-refractivity contribution < 1.29 is 4.74 Å². The SMILES string of the molecule is COc1cccc(/C=C/C=C/C(C)(C)C)c1. The number of methoxy groups -OCH3 is 1. The Balaban J connectivity index is 2.66. The lowest BCUT2D eigenvalue weighted by Gasteiger charge is -2.09. The molecule has 0 aromatic heterocycles. The van der Waals surface area contributed by atoms with E-state index in [0.717, 1.165) is 11.3 Å². The summed E-state index contributed by atoms with van der Waals surface area (Å²) in [5.41, 5.74) is 1.39. The summed E-state index contributed by atoms with van der Waals surface area (Å²) < 4.78 is 5.16. The van der Waals surface area contributed by atoms with Gasteiger partial charge >= 0.3 is 0 Å². The second kappa shape index (κ2) is 5.55. The van der Waals surface area contributed by atoms with Gasteiger partial charge in [-0.1, -0.05) is 57.2 Å². The van der Waals surface area contributed by atoms with Crippen molar-refractivity contribution in [2.24, 2.45) is 5.41 Å². The lowest BCUT2D eigenvalue weighted by atomic mass is 9.96. The van der Waals surface area contributed by atoms with Gasteiger partial charge in [0.15, 0.2) is 0 Å². The largest absolute Gasteiger partial charge is 0.497 e. The van der Waals surface area contributed by atoms with E-state index in [1.807, 2.05) is 18.2 Å². The van der Waals surface area contributed by atoms with E-state index in [2.05, 4.69) is 51.1 Å². The summed E-state index contributed by atoms with van der Waals surface area (Å²) >= 11 is 0. The van der Waals surface area contributed by atoms with Crippen LogP contribution in [-0.4, -0.2) is 7.11 Å². The van der Waals surface area contributed by atoms with Crippen molar-refractivity contribution in [3.63, 3.8) is 0 Å². The monoisotopic (exact) mass is 216 g/mol. The molecule has 1 aromatic carbocycles. The summed E-state index contributed by atoms with van der Waals surface area (Å²) in [5.74, 6) is 0.891. The molecule has 0 spiro atoms. The molecule has 1 rings (SSSR count). The van der Waals surface area contributed by atoms with E-state index >= 15 is 0 Å². The molecular formula is C15H20O. The van der Waals surface area contributed by atoms with Crippen LogP contribution in [0.1, 0.15) is 26.3 Å². The molecule has 0 aliphatic carbocycles. The second-order valence-electron chi connectivity index (χ2n) is 4.86. The van der Waals surface area contributed by atoms with Gasteiger partial charge in [0, 0.05) is 0 Å². The fourth-order valence-electron chi connectivity index (χ4n) is 1.26. The molecule has 0 atom stereocenters. The van der Waals surface area contributed by atoms with E-state index in [-0.39, 0.29) is 5.41 Å². The fourth-order valence-corrected chi connectivity index (χ4v) is 1.26. The van der Waals surface area contributed by atoms with Gasteiger partial charge in [-0.2, -0.15) is 0 Å². The summed E-state index contributed by atoms with van der Waals surface area (Å²) in [5, 5.41) is 0. The molecule has 0 N–H and O–H groups in total. The van der Waals surface area contributed by atoms with Crippen LogP contribution in [0, 0.1) is 5.41 Å². The number of ether oxygens (including phenoxy) is 1. The Kier molecular flexibility index (Phi) is 4.36. The zero-order valence-corrected chi connectivity index (χ0v) is 10.5. The first kappa shape index (κ1) is 12.6. The Morgan fingerprint density at radius 2 is 1.88 bits per heavy atom. The van der Waals surface area contributed by atoms with Crippen molar-refractivity contribution in [1.82, 2.24) is 0 Å². The zero-order chi connectivity index (χ0) is 12.0. The van der Waals surface area contributed by atoms with Crippen molar-refractivity contribution in [3.05, 3.63) is 48.1 Å². The van der Waals surface area contributed by atoms with Crippen LogP contribution >= 0.6 is 0 Å². The van der Waals surface area contributed by atoms with Gasteiger partial charge < -0.3 is 4.74 Å². The van der Waals surface area contributed by atoms with Crippen LogP contribution in [0.3, 0.4) is 0 Å². The predicted molar refractivity (Wildman–Crippen MR) is 70.6 cm³/mol. The predicted octanol–water partition coefficient (Wildman–Crippen LogP) is 4.31. The van der Waals surface area contributed by atoms with Crippen molar-refractivity contribution >= 4 is 6.08 Å². The van der Waals surface area contributed by atoms with Crippen molar-refractivity contribution in [2.45, 2.75) is 20.8 Å². The number of allylic oxidation sites excluding steroid dienone is 3. The summed E-state index contributed by atoms with van der Waals surface area (Å²) in [6.07, 6.45) is 8.40. The van der Waals surface area contributed by atoms with Gasteiger partial charge in [-0.15, -0.1) is 0 Å². The van der Waals surface area contributed by atoms with Gasteiger partial charge in [0.2, 0.25) is 0 Å². The third-order valence-corrected chi connectivity index (χ3v) is 2.09. The van der Waals surface area contributed by atoms with E-state index in [0.29, 0.717) is 0 Å². The van der Waals surface area contributed by atoms with Crippen LogP contribution in [-0.2, 0) is 0 Å². The van der Waals surface area contributed by atoms with Gasteiger partial charge in [0.1, 0.15) is 5.75 Å². The molecular weight excluding hydrogens is 196 g/mol. The zero-order valence-electron chi connectivity index (χ0n) is 10.5. The maximum atomic E-state index is 5.16. The lowest BCUT2D eigenvalue weighted by molar-refractivity contribution is 0.414. The van der Waals surface area contributed by atoms with Gasteiger partial charge in [0.25, 0.3) is 0 Å². The molecule has 0 saturated carbocycles. The Hall–Kier alpha value is -1.50. The lowest BCUT2D eigenvalue weighted by Crippen LogP contribution is -1.97. The van der Waals surface area contributed by atoms with E-state index < -0.39 is 0 Å². The highest BCUT2D eigenvalue weighted by Crippen LogP contribution is 2.16. The Morgan fingerprint density at radius 3 is 2.50 bits per heavy atom. The van der Waals surface area contributed by atoms with E-state index in [9.17, 15) is 0 Å². The third kappa shape index (κ3) is 4.83. The molecule has 0 amide bonds. The van der Waals surface area contributed by atoms with Gasteiger partial charge in [-0.3, -0.25) is 0 Å². The van der Waals surface area contributed by atoms with E-state index in [1.165, 1.54) is 0 Å². The van der Waals surface area contributed by atoms with Gasteiger partial charge in [-0.25, -0.2) is 0 Å². The van der Waals surface area contributed by atoms with Crippen molar-refractivity contribution in [3.8, 4) is 5.75 Å². The first-order valence-corrected chi connectivity index (χ1v) is 5.51. The quantitative estimate of drug-likeness (QED) is 0.684. The highest BCUT2D eigenvalue weighted by Gasteiger charge is 2.01. The van der Waals surface area contributed by atoms with Gasteiger partial charge in [0.05, 0.1) is 7.11 Å². The average molecular weight is 216 g/mol. The standard InChI is InChI=1S/C15H20O/c1-15(2,3)11-6-5-8-13-9-7-10-14(12-13)16-4/h5-12H,1-4H3/b8-5+,11-6+. The summed E-state index contributed by atoms with van der Waals surface area (Å²) in [4.78, 5) is 0. The Bertz CT molecular complexity index is 381. The molecule has 1 heteroatoms. The molecule has 0 unspecified atom stereocenters. The summed E-state index contributed by atoms with van der Waals surface area (Å²) in [6, 6.07) is 8.01. The maximum Gasteiger partial charge on any atom is 0.119 e. The molecule has 0 saturated heterocycles. The topological polar surface area (TPSA) is 9.23 Å². The van der Waals surface area contributed by atoms with Crippen molar-refractivity contribution in [2.75, 3.05) is 7.11 Å². The van der Waals surface area contributed by atoms with Crippen LogP contribution in [0.2, 0.25) is 0 Å². The third-order valence-electron chi connectivity index (χ3n) is 2.09. The fraction of sp³-hybridized carbons (Fsp3) is 0.333. The van der Waals surface area contributed by atoms with Crippen LogP contribution in [0.4, 0.5) is 0 Å². The molecule has 86 valence electrons. The molecule has 0 aliphatic rings. The molecule has 0 heterocycles. The van der Waals surface area contributed by atoms with Gasteiger partial charge in [-0.05, 0) is 23.1 Å². The second-order valence-corrected chi connectivity index (χ2v) is 4.86. The van der Waals surface area contributed by atoms with Crippen LogP contribution in [0.5, 0.6) is 5.75 Å². The molecule has 0 bridgehead atoms. The molecule has 1 aromatic rings. The molecule has 1 nitrogen and oxygen atoms in total. The smallest absolute Gasteiger partial charge is 0.119 e. The Morgan fingerprint density at radius 1 is 1.12 bits per heavy atom. The number of hydrogen-bond donors (Lipinski definition) is 0. The maximum absolute atomic E-state index is 5.16. The number of hydrogen-bond acceptors (Lipinski definition) is 1. The minimum Gasteiger partial charge on any atom is -0.497 e. The first-order valence-electron chi connectivity index (χ1n) is 5.51. The van der Waals surface area contributed by atoms with Crippen molar-refractivity contribution in [1.29, 1.82) is 0 Å². The minimum absolute atomic E-state index is 0.235.